The molecule has 0 aromatic heterocycles. The molecule has 152 valence electrons. The number of nitrogens with two attached hydrogens (primary N) is 1. The van der Waals surface area contributed by atoms with E-state index in [4.69, 9.17) is 10.5 Å². The summed E-state index contributed by atoms with van der Waals surface area (Å²) in [5.41, 5.74) is 7.58. The summed E-state index contributed by atoms with van der Waals surface area (Å²) in [6.45, 7) is 4.64. The van der Waals surface area contributed by atoms with Gasteiger partial charge in [0.1, 0.15) is 5.75 Å². The molecule has 4 aliphatic carbocycles. The first kappa shape index (κ1) is 18.5. The maximum Gasteiger partial charge on any atom is 0.228 e. The summed E-state index contributed by atoms with van der Waals surface area (Å²) in [6.07, 6.45) is 8.13. The van der Waals surface area contributed by atoms with Crippen LogP contribution in [-0.2, 0) is 10.2 Å². The Labute approximate surface area is 168 Å². The Hall–Kier alpha value is -1.55. The molecule has 0 spiro atoms. The Morgan fingerprint density at radius 3 is 2.43 bits per heavy atom. The van der Waals surface area contributed by atoms with Gasteiger partial charge in [-0.05, 0) is 91.9 Å². The van der Waals surface area contributed by atoms with Crippen LogP contribution in [0.1, 0.15) is 57.4 Å². The van der Waals surface area contributed by atoms with Gasteiger partial charge in [-0.1, -0.05) is 19.1 Å². The second kappa shape index (κ2) is 6.22. The molecule has 5 aliphatic rings. The van der Waals surface area contributed by atoms with Gasteiger partial charge in [0, 0.05) is 13.1 Å². The largest absolute Gasteiger partial charge is 0.497 e. The molecule has 6 rings (SSSR count). The van der Waals surface area contributed by atoms with Crippen molar-refractivity contribution in [2.75, 3.05) is 26.7 Å². The van der Waals surface area contributed by atoms with Crippen molar-refractivity contribution in [2.45, 2.75) is 57.3 Å². The molecule has 1 aromatic rings. The van der Waals surface area contributed by atoms with E-state index < -0.39 is 0 Å². The zero-order valence-corrected chi connectivity index (χ0v) is 17.4. The van der Waals surface area contributed by atoms with Crippen molar-refractivity contribution in [1.82, 2.24) is 4.90 Å². The molecule has 1 saturated heterocycles. The Balaban J connectivity index is 1.45. The molecule has 5 fully saturated rings. The van der Waals surface area contributed by atoms with E-state index in [1.807, 2.05) is 0 Å². The molecule has 3 atom stereocenters. The van der Waals surface area contributed by atoms with E-state index in [0.717, 1.165) is 44.5 Å². The van der Waals surface area contributed by atoms with Gasteiger partial charge in [0.25, 0.3) is 0 Å². The molecular formula is C24H34N2O2. The summed E-state index contributed by atoms with van der Waals surface area (Å²) >= 11 is 0. The van der Waals surface area contributed by atoms with E-state index in [9.17, 15) is 4.79 Å². The molecule has 4 heteroatoms. The maximum atomic E-state index is 13.8. The highest BCUT2D eigenvalue weighted by molar-refractivity contribution is 5.84. The standard InChI is InChI=1S/C24H34N2O2/c1-22(15-25)7-8-26(16-22)21(27)24-12-17-9-18(13-24)11-23(10-17,14-24)19-3-5-20(28-2)6-4-19/h3-6,17-18H,7-16,25H2,1-2H3. The van der Waals surface area contributed by atoms with Gasteiger partial charge in [-0.3, -0.25) is 4.79 Å². The number of hydrogen-bond acceptors (Lipinski definition) is 3. The van der Waals surface area contributed by atoms with Crippen LogP contribution in [0.4, 0.5) is 0 Å². The molecule has 3 unspecified atom stereocenters. The third-order valence-electron chi connectivity index (χ3n) is 8.56. The van der Waals surface area contributed by atoms with E-state index in [1.54, 1.807) is 7.11 Å². The number of benzene rings is 1. The van der Waals surface area contributed by atoms with Crippen LogP contribution in [0, 0.1) is 22.7 Å². The number of hydrogen-bond donors (Lipinski definition) is 1. The molecule has 1 aliphatic heterocycles. The van der Waals surface area contributed by atoms with Crippen molar-refractivity contribution in [1.29, 1.82) is 0 Å². The molecule has 1 aromatic carbocycles. The summed E-state index contributed by atoms with van der Waals surface area (Å²) in [5, 5.41) is 0. The van der Waals surface area contributed by atoms with Gasteiger partial charge < -0.3 is 15.4 Å². The van der Waals surface area contributed by atoms with Crippen molar-refractivity contribution >= 4 is 5.91 Å². The predicted molar refractivity (Wildman–Crippen MR) is 110 cm³/mol. The average molecular weight is 383 g/mol. The zero-order valence-electron chi connectivity index (χ0n) is 17.4. The van der Waals surface area contributed by atoms with Crippen LogP contribution >= 0.6 is 0 Å². The predicted octanol–water partition coefficient (Wildman–Crippen LogP) is 3.73. The van der Waals surface area contributed by atoms with Crippen LogP contribution in [-0.4, -0.2) is 37.6 Å². The van der Waals surface area contributed by atoms with Gasteiger partial charge in [0.15, 0.2) is 0 Å². The first-order valence-corrected chi connectivity index (χ1v) is 11.0. The average Bonchev–Trinajstić information content (AvgIpc) is 3.09. The van der Waals surface area contributed by atoms with Gasteiger partial charge >= 0.3 is 0 Å². The van der Waals surface area contributed by atoms with Crippen LogP contribution in [0.3, 0.4) is 0 Å². The number of nitrogens with zero attached hydrogens (tertiary/aromatic N) is 1. The third kappa shape index (κ3) is 2.71. The monoisotopic (exact) mass is 382 g/mol. The lowest BCUT2D eigenvalue weighted by Gasteiger charge is -2.62. The van der Waals surface area contributed by atoms with Crippen LogP contribution in [0.15, 0.2) is 24.3 Å². The smallest absolute Gasteiger partial charge is 0.228 e. The Bertz CT molecular complexity index is 759. The first-order chi connectivity index (χ1) is 13.4. The Morgan fingerprint density at radius 2 is 1.86 bits per heavy atom. The lowest BCUT2D eigenvalue weighted by atomic mass is 9.42. The summed E-state index contributed by atoms with van der Waals surface area (Å²) in [7, 11) is 1.72. The van der Waals surface area contributed by atoms with Crippen molar-refractivity contribution in [3.63, 3.8) is 0 Å². The SMILES string of the molecule is COc1ccc(C23CC4CC(CC(C(=O)N5CCC(C)(CN)C5)(C4)C2)C3)cc1. The van der Waals surface area contributed by atoms with E-state index >= 15 is 0 Å². The minimum Gasteiger partial charge on any atom is -0.497 e. The van der Waals surface area contributed by atoms with E-state index in [1.165, 1.54) is 24.8 Å². The highest BCUT2D eigenvalue weighted by Crippen LogP contribution is 2.66. The normalized spacial score (nSPS) is 41.5. The van der Waals surface area contributed by atoms with Crippen LogP contribution in [0.25, 0.3) is 0 Å². The number of methoxy groups -OCH3 is 1. The lowest BCUT2D eigenvalue weighted by molar-refractivity contribution is -0.159. The van der Waals surface area contributed by atoms with Gasteiger partial charge in [-0.2, -0.15) is 0 Å². The lowest BCUT2D eigenvalue weighted by Crippen LogP contribution is -2.59. The summed E-state index contributed by atoms with van der Waals surface area (Å²) < 4.78 is 5.37. The number of carbonyl (C=O) groups excluding carboxylic acids is 1. The Kier molecular flexibility index (Phi) is 4.11. The fourth-order valence-corrected chi connectivity index (χ4v) is 7.49. The van der Waals surface area contributed by atoms with Crippen molar-refractivity contribution in [3.8, 4) is 5.75 Å². The quantitative estimate of drug-likeness (QED) is 0.863. The molecule has 4 bridgehead atoms. The van der Waals surface area contributed by atoms with Crippen LogP contribution in [0.2, 0.25) is 0 Å². The van der Waals surface area contributed by atoms with Crippen LogP contribution < -0.4 is 10.5 Å². The molecule has 0 radical (unpaired) electrons. The van der Waals surface area contributed by atoms with E-state index in [-0.39, 0.29) is 16.2 Å². The van der Waals surface area contributed by atoms with Crippen molar-refractivity contribution in [3.05, 3.63) is 29.8 Å². The third-order valence-corrected chi connectivity index (χ3v) is 8.56. The maximum absolute atomic E-state index is 13.8. The van der Waals surface area contributed by atoms with E-state index in [0.29, 0.717) is 24.3 Å². The summed E-state index contributed by atoms with van der Waals surface area (Å²) in [6, 6.07) is 8.70. The molecule has 4 nitrogen and oxygen atoms in total. The fourth-order valence-electron chi connectivity index (χ4n) is 7.49. The van der Waals surface area contributed by atoms with Crippen molar-refractivity contribution < 1.29 is 9.53 Å². The second-order valence-electron chi connectivity index (χ2n) is 10.7. The molecule has 2 N–H and O–H groups in total. The van der Waals surface area contributed by atoms with Gasteiger partial charge in [-0.25, -0.2) is 0 Å². The molecule has 1 heterocycles. The molecule has 1 amide bonds. The van der Waals surface area contributed by atoms with Gasteiger partial charge in [-0.15, -0.1) is 0 Å². The zero-order chi connectivity index (χ0) is 19.6. The molecular weight excluding hydrogens is 348 g/mol. The van der Waals surface area contributed by atoms with Crippen LogP contribution in [0.5, 0.6) is 5.75 Å². The first-order valence-electron chi connectivity index (χ1n) is 11.0. The van der Waals surface area contributed by atoms with Gasteiger partial charge in [0.2, 0.25) is 5.91 Å². The number of rotatable bonds is 4. The minimum absolute atomic E-state index is 0.103. The number of carbonyl (C=O) groups is 1. The highest BCUT2D eigenvalue weighted by atomic mass is 16.5. The number of likely N-dealkylation sites (tertiary alicyclic amines) is 1. The summed E-state index contributed by atoms with van der Waals surface area (Å²) in [5.74, 6) is 2.76. The second-order valence-corrected chi connectivity index (χ2v) is 10.7. The molecule has 28 heavy (non-hydrogen) atoms. The minimum atomic E-state index is -0.135. The summed E-state index contributed by atoms with van der Waals surface area (Å²) in [4.78, 5) is 16.0. The molecule has 4 saturated carbocycles. The van der Waals surface area contributed by atoms with Crippen molar-refractivity contribution in [2.24, 2.45) is 28.4 Å². The number of ether oxygens (including phenoxy) is 1. The van der Waals surface area contributed by atoms with Gasteiger partial charge in [0.05, 0.1) is 12.5 Å². The number of amides is 1. The highest BCUT2D eigenvalue weighted by Gasteiger charge is 2.62. The van der Waals surface area contributed by atoms with E-state index in [2.05, 4.69) is 36.1 Å². The fraction of sp³-hybridized carbons (Fsp3) is 0.708. The Morgan fingerprint density at radius 1 is 1.18 bits per heavy atom. The topological polar surface area (TPSA) is 55.6 Å².